The number of likely N-dealkylation sites (N-methyl/N-ethyl adjacent to an activating group) is 1. The van der Waals surface area contributed by atoms with Crippen molar-refractivity contribution in [3.63, 3.8) is 0 Å². The molecule has 0 aliphatic heterocycles. The molecule has 0 aliphatic rings. The Kier molecular flexibility index (Phi) is 9.55. The summed E-state index contributed by atoms with van der Waals surface area (Å²) in [4.78, 5) is 35.7. The molecule has 1 amide bonds. The van der Waals surface area contributed by atoms with Gasteiger partial charge in [0.1, 0.15) is 11.6 Å². The van der Waals surface area contributed by atoms with E-state index in [4.69, 9.17) is 4.98 Å². The molecule has 35 heavy (non-hydrogen) atoms. The first-order chi connectivity index (χ1) is 16.8. The van der Waals surface area contributed by atoms with Gasteiger partial charge in [-0.2, -0.15) is 0 Å². The second-order valence-corrected chi connectivity index (χ2v) is 9.33. The Balaban J connectivity index is 2.03. The van der Waals surface area contributed by atoms with E-state index in [1.54, 1.807) is 24.3 Å². The van der Waals surface area contributed by atoms with Crippen LogP contribution in [0.2, 0.25) is 0 Å². The summed E-state index contributed by atoms with van der Waals surface area (Å²) >= 11 is 0. The monoisotopic (exact) mass is 480 g/mol. The number of amides is 1. The fourth-order valence-corrected chi connectivity index (χ4v) is 4.27. The van der Waals surface area contributed by atoms with Crippen molar-refractivity contribution >= 4 is 16.8 Å². The van der Waals surface area contributed by atoms with Gasteiger partial charge in [0.15, 0.2) is 0 Å². The maximum atomic E-state index is 13.7. The van der Waals surface area contributed by atoms with E-state index in [1.165, 1.54) is 23.1 Å². The number of fused-ring (bicyclic) bond motifs is 1. The third-order valence-corrected chi connectivity index (χ3v) is 6.33. The number of halogens is 1. The summed E-state index contributed by atoms with van der Waals surface area (Å²) in [6.07, 6.45) is 5.82. The Morgan fingerprint density at radius 3 is 2.37 bits per heavy atom. The Hall–Kier alpha value is -3.06. The summed E-state index contributed by atoms with van der Waals surface area (Å²) in [6, 6.07) is 12.6. The molecule has 0 bridgehead atoms. The number of hydrogen-bond acceptors (Lipinski definition) is 4. The molecule has 0 fully saturated rings. The standard InChI is InChI=1S/C28H37FN4O2/c1-5-6-7-8-9-14-26(34)32(20-19-31(3)4)21(2)27-30-25-13-11-10-12-24(25)28(35)33(27)23-17-15-22(29)16-18-23/h10-13,15-18,21H,5-9,14,19-20H2,1-4H3. The Morgan fingerprint density at radius 1 is 1.00 bits per heavy atom. The van der Waals surface area contributed by atoms with Gasteiger partial charge in [-0.05, 0) is 63.8 Å². The SMILES string of the molecule is CCCCCCCC(=O)N(CCN(C)C)C(C)c1nc2ccccc2c(=O)n1-c1ccc(F)cc1. The summed E-state index contributed by atoms with van der Waals surface area (Å²) in [5.41, 5.74) is 0.872. The lowest BCUT2D eigenvalue weighted by molar-refractivity contribution is -0.133. The number of rotatable bonds is 12. The van der Waals surface area contributed by atoms with Gasteiger partial charge < -0.3 is 9.80 Å². The maximum Gasteiger partial charge on any atom is 0.266 e. The second kappa shape index (κ2) is 12.6. The van der Waals surface area contributed by atoms with Crippen LogP contribution in [0, 0.1) is 5.82 Å². The molecule has 1 aromatic heterocycles. The lowest BCUT2D eigenvalue weighted by Gasteiger charge is -2.31. The van der Waals surface area contributed by atoms with Gasteiger partial charge >= 0.3 is 0 Å². The summed E-state index contributed by atoms with van der Waals surface area (Å²) in [7, 11) is 3.95. The molecule has 0 saturated heterocycles. The molecule has 2 aromatic carbocycles. The van der Waals surface area contributed by atoms with Crippen molar-refractivity contribution in [2.24, 2.45) is 0 Å². The quantitative estimate of drug-likeness (QED) is 0.329. The van der Waals surface area contributed by atoms with Crippen LogP contribution in [0.5, 0.6) is 0 Å². The van der Waals surface area contributed by atoms with E-state index >= 15 is 0 Å². The van der Waals surface area contributed by atoms with Gasteiger partial charge in [0.05, 0.1) is 22.6 Å². The fraction of sp³-hybridized carbons (Fsp3) is 0.464. The van der Waals surface area contributed by atoms with E-state index in [2.05, 4.69) is 6.92 Å². The van der Waals surface area contributed by atoms with E-state index in [0.717, 1.165) is 25.7 Å². The van der Waals surface area contributed by atoms with Gasteiger partial charge in [0.25, 0.3) is 5.56 Å². The third kappa shape index (κ3) is 6.75. The number of para-hydroxylation sites is 1. The predicted octanol–water partition coefficient (Wildman–Crippen LogP) is 5.34. The first-order valence-corrected chi connectivity index (χ1v) is 12.5. The number of aromatic nitrogens is 2. The summed E-state index contributed by atoms with van der Waals surface area (Å²) in [5, 5.41) is 0.481. The summed E-state index contributed by atoms with van der Waals surface area (Å²) in [6.45, 7) is 5.31. The van der Waals surface area contributed by atoms with Gasteiger partial charge in [-0.15, -0.1) is 0 Å². The highest BCUT2D eigenvalue weighted by Gasteiger charge is 2.26. The van der Waals surface area contributed by atoms with E-state index in [-0.39, 0.29) is 17.3 Å². The molecule has 1 heterocycles. The van der Waals surface area contributed by atoms with Crippen LogP contribution in [0.15, 0.2) is 53.3 Å². The first kappa shape index (κ1) is 26.5. The highest BCUT2D eigenvalue weighted by Crippen LogP contribution is 2.24. The zero-order valence-corrected chi connectivity index (χ0v) is 21.3. The second-order valence-electron chi connectivity index (χ2n) is 9.33. The topological polar surface area (TPSA) is 58.4 Å². The van der Waals surface area contributed by atoms with Crippen LogP contribution < -0.4 is 5.56 Å². The van der Waals surface area contributed by atoms with Crippen LogP contribution in [0.1, 0.15) is 64.2 Å². The van der Waals surface area contributed by atoms with Gasteiger partial charge in [-0.3, -0.25) is 14.2 Å². The van der Waals surface area contributed by atoms with Crippen LogP contribution in [0.4, 0.5) is 4.39 Å². The van der Waals surface area contributed by atoms with Gasteiger partial charge in [-0.25, -0.2) is 9.37 Å². The zero-order valence-electron chi connectivity index (χ0n) is 21.3. The molecule has 3 aromatic rings. The highest BCUT2D eigenvalue weighted by atomic mass is 19.1. The van der Waals surface area contributed by atoms with E-state index in [0.29, 0.717) is 41.9 Å². The molecule has 1 atom stereocenters. The molecule has 188 valence electrons. The first-order valence-electron chi connectivity index (χ1n) is 12.5. The maximum absolute atomic E-state index is 13.7. The minimum atomic E-state index is -0.444. The zero-order chi connectivity index (χ0) is 25.4. The van der Waals surface area contributed by atoms with Crippen LogP contribution in [-0.2, 0) is 4.79 Å². The molecule has 0 N–H and O–H groups in total. The molecular formula is C28H37FN4O2. The molecule has 7 heteroatoms. The Labute approximate surface area is 207 Å². The average Bonchev–Trinajstić information content (AvgIpc) is 2.84. The average molecular weight is 481 g/mol. The lowest BCUT2D eigenvalue weighted by atomic mass is 10.1. The Morgan fingerprint density at radius 2 is 1.69 bits per heavy atom. The predicted molar refractivity (Wildman–Crippen MR) is 139 cm³/mol. The molecule has 0 spiro atoms. The summed E-state index contributed by atoms with van der Waals surface area (Å²) < 4.78 is 15.2. The number of hydrogen-bond donors (Lipinski definition) is 0. The van der Waals surface area contributed by atoms with Crippen molar-refractivity contribution in [2.75, 3.05) is 27.2 Å². The van der Waals surface area contributed by atoms with Crippen LogP contribution >= 0.6 is 0 Å². The van der Waals surface area contributed by atoms with Crippen molar-refractivity contribution in [1.29, 1.82) is 0 Å². The van der Waals surface area contributed by atoms with E-state index in [1.807, 2.05) is 43.0 Å². The largest absolute Gasteiger partial charge is 0.331 e. The molecule has 0 radical (unpaired) electrons. The van der Waals surface area contributed by atoms with Crippen molar-refractivity contribution in [3.8, 4) is 5.69 Å². The van der Waals surface area contributed by atoms with Crippen molar-refractivity contribution < 1.29 is 9.18 Å². The molecular weight excluding hydrogens is 443 g/mol. The molecule has 3 rings (SSSR count). The molecule has 1 unspecified atom stereocenters. The minimum Gasteiger partial charge on any atom is -0.331 e. The smallest absolute Gasteiger partial charge is 0.266 e. The van der Waals surface area contributed by atoms with E-state index < -0.39 is 6.04 Å². The van der Waals surface area contributed by atoms with Gasteiger partial charge in [-0.1, -0.05) is 44.7 Å². The normalized spacial score (nSPS) is 12.3. The van der Waals surface area contributed by atoms with Crippen LogP contribution in [-0.4, -0.2) is 52.4 Å². The lowest BCUT2D eigenvalue weighted by Crippen LogP contribution is -2.40. The number of benzene rings is 2. The highest BCUT2D eigenvalue weighted by molar-refractivity contribution is 5.79. The number of nitrogens with zero attached hydrogens (tertiary/aromatic N) is 4. The molecule has 6 nitrogen and oxygen atoms in total. The third-order valence-electron chi connectivity index (χ3n) is 6.33. The van der Waals surface area contributed by atoms with Crippen LogP contribution in [0.3, 0.4) is 0 Å². The van der Waals surface area contributed by atoms with Crippen molar-refractivity contribution in [1.82, 2.24) is 19.4 Å². The van der Waals surface area contributed by atoms with Gasteiger partial charge in [0, 0.05) is 19.5 Å². The number of carbonyl (C=O) groups is 1. The van der Waals surface area contributed by atoms with Gasteiger partial charge in [0.2, 0.25) is 5.91 Å². The number of unbranched alkanes of at least 4 members (excludes halogenated alkanes) is 4. The molecule has 0 aliphatic carbocycles. The Bertz CT molecular complexity index is 1170. The van der Waals surface area contributed by atoms with Crippen molar-refractivity contribution in [3.05, 3.63) is 70.5 Å². The number of carbonyl (C=O) groups excluding carboxylic acids is 1. The minimum absolute atomic E-state index is 0.0592. The molecule has 0 saturated carbocycles. The van der Waals surface area contributed by atoms with Crippen molar-refractivity contribution in [2.45, 2.75) is 58.4 Å². The van der Waals surface area contributed by atoms with E-state index in [9.17, 15) is 14.0 Å². The fourth-order valence-electron chi connectivity index (χ4n) is 4.27. The summed E-state index contributed by atoms with van der Waals surface area (Å²) in [5.74, 6) is 0.151. The van der Waals surface area contributed by atoms with Crippen LogP contribution in [0.25, 0.3) is 16.6 Å².